The van der Waals surface area contributed by atoms with E-state index < -0.39 is 14.9 Å². The van der Waals surface area contributed by atoms with Crippen LogP contribution in [0.15, 0.2) is 23.1 Å². The fourth-order valence-corrected chi connectivity index (χ4v) is 3.50. The Hall–Kier alpha value is -1.67. The maximum Gasteiger partial charge on any atom is 0.270 e. The summed E-state index contributed by atoms with van der Waals surface area (Å²) < 4.78 is 27.3. The number of nitrogens with one attached hydrogen (secondary N) is 2. The lowest BCUT2D eigenvalue weighted by molar-refractivity contribution is -0.385. The van der Waals surface area contributed by atoms with Gasteiger partial charge in [0.25, 0.3) is 5.69 Å². The van der Waals surface area contributed by atoms with Crippen molar-refractivity contribution in [1.82, 2.24) is 4.72 Å². The highest BCUT2D eigenvalue weighted by atomic mass is 32.2. The summed E-state index contributed by atoms with van der Waals surface area (Å²) in [6.45, 7) is 2.75. The Morgan fingerprint density at radius 2 is 2.10 bits per heavy atom. The molecule has 0 bridgehead atoms. The summed E-state index contributed by atoms with van der Waals surface area (Å²) in [7, 11) is -3.76. The van der Waals surface area contributed by atoms with E-state index in [1.807, 2.05) is 6.92 Å². The molecule has 2 rings (SSSR count). The van der Waals surface area contributed by atoms with Crippen LogP contribution >= 0.6 is 0 Å². The van der Waals surface area contributed by atoms with E-state index >= 15 is 0 Å². The largest absolute Gasteiger partial charge is 0.384 e. The Labute approximate surface area is 123 Å². The quantitative estimate of drug-likeness (QED) is 0.593. The highest BCUT2D eigenvalue weighted by Crippen LogP contribution is 2.28. The van der Waals surface area contributed by atoms with E-state index in [-0.39, 0.29) is 10.6 Å². The molecule has 7 nitrogen and oxygen atoms in total. The Kier molecular flexibility index (Phi) is 4.79. The zero-order valence-electron chi connectivity index (χ0n) is 11.8. The molecule has 8 heteroatoms. The number of rotatable bonds is 7. The number of sulfonamides is 1. The Bertz CT molecular complexity index is 626. The molecular weight excluding hydrogens is 294 g/mol. The highest BCUT2D eigenvalue weighted by molar-refractivity contribution is 7.89. The second-order valence-corrected chi connectivity index (χ2v) is 6.85. The second kappa shape index (κ2) is 6.40. The average Bonchev–Trinajstić information content (AvgIpc) is 2.37. The molecule has 0 aliphatic heterocycles. The van der Waals surface area contributed by atoms with E-state index in [2.05, 4.69) is 10.0 Å². The second-order valence-electron chi connectivity index (χ2n) is 5.12. The summed E-state index contributed by atoms with van der Waals surface area (Å²) in [5.74, 6) is 0.376. The molecule has 0 unspecified atom stereocenters. The third kappa shape index (κ3) is 3.70. The molecule has 1 aromatic rings. The lowest BCUT2D eigenvalue weighted by Gasteiger charge is -2.25. The monoisotopic (exact) mass is 313 g/mol. The molecule has 0 spiro atoms. The van der Waals surface area contributed by atoms with Gasteiger partial charge in [0.15, 0.2) is 0 Å². The number of hydrogen-bond donors (Lipinski definition) is 2. The van der Waals surface area contributed by atoms with Gasteiger partial charge in [-0.05, 0) is 31.7 Å². The molecule has 0 heterocycles. The summed E-state index contributed by atoms with van der Waals surface area (Å²) in [5, 5.41) is 13.8. The molecule has 0 aromatic heterocycles. The number of non-ortho nitro benzene ring substituents is 1. The predicted molar refractivity (Wildman–Crippen MR) is 79.8 cm³/mol. The SMILES string of the molecule is CCNc1ccc([N+](=O)[O-])cc1S(=O)(=O)NCC1CCC1. The van der Waals surface area contributed by atoms with Gasteiger partial charge < -0.3 is 5.32 Å². The Morgan fingerprint density at radius 3 is 2.62 bits per heavy atom. The van der Waals surface area contributed by atoms with Crippen molar-refractivity contribution in [3.63, 3.8) is 0 Å². The number of nitrogens with zero attached hydrogens (tertiary/aromatic N) is 1. The zero-order chi connectivity index (χ0) is 15.5. The van der Waals surface area contributed by atoms with Gasteiger partial charge in [0, 0.05) is 25.2 Å². The highest BCUT2D eigenvalue weighted by Gasteiger charge is 2.25. The minimum atomic E-state index is -3.76. The van der Waals surface area contributed by atoms with Crippen LogP contribution in [0.25, 0.3) is 0 Å². The van der Waals surface area contributed by atoms with Gasteiger partial charge in [-0.2, -0.15) is 0 Å². The lowest BCUT2D eigenvalue weighted by Crippen LogP contribution is -2.32. The molecule has 2 N–H and O–H groups in total. The van der Waals surface area contributed by atoms with Gasteiger partial charge in [0.1, 0.15) is 4.90 Å². The van der Waals surface area contributed by atoms with Gasteiger partial charge in [-0.1, -0.05) is 6.42 Å². The molecule has 0 amide bonds. The topological polar surface area (TPSA) is 101 Å². The molecule has 0 atom stereocenters. The van der Waals surface area contributed by atoms with E-state index in [1.54, 1.807) is 0 Å². The van der Waals surface area contributed by atoms with Gasteiger partial charge in [-0.25, -0.2) is 13.1 Å². The standard InChI is InChI=1S/C13H19N3O4S/c1-2-14-12-7-6-11(16(17)18)8-13(12)21(19,20)15-9-10-4-3-5-10/h6-8,10,14-15H,2-5,9H2,1H3. The van der Waals surface area contributed by atoms with Crippen LogP contribution in [0.2, 0.25) is 0 Å². The molecular formula is C13H19N3O4S. The van der Waals surface area contributed by atoms with Crippen LogP contribution in [0, 0.1) is 16.0 Å². The third-order valence-electron chi connectivity index (χ3n) is 3.62. The first-order valence-corrected chi connectivity index (χ1v) is 8.44. The van der Waals surface area contributed by atoms with Gasteiger partial charge in [0.05, 0.1) is 10.6 Å². The molecule has 1 aliphatic carbocycles. The normalized spacial score (nSPS) is 15.5. The maximum absolute atomic E-state index is 12.4. The van der Waals surface area contributed by atoms with Crippen LogP contribution in [0.3, 0.4) is 0 Å². The van der Waals surface area contributed by atoms with Gasteiger partial charge >= 0.3 is 0 Å². The molecule has 0 saturated heterocycles. The van der Waals surface area contributed by atoms with E-state index in [1.165, 1.54) is 12.1 Å². The van der Waals surface area contributed by atoms with Crippen molar-refractivity contribution >= 4 is 21.4 Å². The van der Waals surface area contributed by atoms with Gasteiger partial charge in [0.2, 0.25) is 10.0 Å². The smallest absolute Gasteiger partial charge is 0.270 e. The van der Waals surface area contributed by atoms with Crippen LogP contribution in [-0.4, -0.2) is 26.4 Å². The first-order valence-electron chi connectivity index (χ1n) is 6.96. The minimum absolute atomic E-state index is 0.0714. The molecule has 21 heavy (non-hydrogen) atoms. The van der Waals surface area contributed by atoms with E-state index in [9.17, 15) is 18.5 Å². The number of anilines is 1. The van der Waals surface area contributed by atoms with Crippen LogP contribution in [-0.2, 0) is 10.0 Å². The summed E-state index contributed by atoms with van der Waals surface area (Å²) in [5.41, 5.74) is 0.143. The van der Waals surface area contributed by atoms with Gasteiger partial charge in [-0.15, -0.1) is 0 Å². The van der Waals surface area contributed by atoms with Crippen LogP contribution in [0.4, 0.5) is 11.4 Å². The molecule has 1 fully saturated rings. The molecule has 1 saturated carbocycles. The Balaban J connectivity index is 2.28. The summed E-state index contributed by atoms with van der Waals surface area (Å²) >= 11 is 0. The predicted octanol–water partition coefficient (Wildman–Crippen LogP) is 2.10. The van der Waals surface area contributed by atoms with Crippen molar-refractivity contribution in [2.24, 2.45) is 5.92 Å². The summed E-state index contributed by atoms with van der Waals surface area (Å²) in [4.78, 5) is 10.2. The van der Waals surface area contributed by atoms with Crippen molar-refractivity contribution in [1.29, 1.82) is 0 Å². The third-order valence-corrected chi connectivity index (χ3v) is 5.08. The minimum Gasteiger partial charge on any atom is -0.384 e. The van der Waals surface area contributed by atoms with Gasteiger partial charge in [-0.3, -0.25) is 10.1 Å². The molecule has 1 aliphatic rings. The van der Waals surface area contributed by atoms with Crippen LogP contribution in [0.5, 0.6) is 0 Å². The zero-order valence-corrected chi connectivity index (χ0v) is 12.6. The lowest BCUT2D eigenvalue weighted by atomic mass is 9.86. The molecule has 1 aromatic carbocycles. The van der Waals surface area contributed by atoms with Crippen molar-refractivity contribution in [3.05, 3.63) is 28.3 Å². The number of nitro benzene ring substituents is 1. The first-order chi connectivity index (χ1) is 9.94. The number of hydrogen-bond acceptors (Lipinski definition) is 5. The van der Waals surface area contributed by atoms with Crippen LogP contribution < -0.4 is 10.0 Å². The van der Waals surface area contributed by atoms with E-state index in [4.69, 9.17) is 0 Å². The number of benzene rings is 1. The maximum atomic E-state index is 12.4. The number of nitro groups is 1. The van der Waals surface area contributed by atoms with Crippen molar-refractivity contribution in [2.75, 3.05) is 18.4 Å². The fraction of sp³-hybridized carbons (Fsp3) is 0.538. The molecule has 116 valence electrons. The van der Waals surface area contributed by atoms with E-state index in [0.717, 1.165) is 25.3 Å². The Morgan fingerprint density at radius 1 is 1.38 bits per heavy atom. The average molecular weight is 313 g/mol. The summed E-state index contributed by atoms with van der Waals surface area (Å²) in [6, 6.07) is 3.82. The summed E-state index contributed by atoms with van der Waals surface area (Å²) in [6.07, 6.45) is 3.18. The van der Waals surface area contributed by atoms with Crippen molar-refractivity contribution < 1.29 is 13.3 Å². The van der Waals surface area contributed by atoms with Crippen LogP contribution in [0.1, 0.15) is 26.2 Å². The molecule has 0 radical (unpaired) electrons. The first kappa shape index (κ1) is 15.7. The van der Waals surface area contributed by atoms with Crippen molar-refractivity contribution in [2.45, 2.75) is 31.1 Å². The van der Waals surface area contributed by atoms with Crippen molar-refractivity contribution in [3.8, 4) is 0 Å². The van der Waals surface area contributed by atoms with E-state index in [0.29, 0.717) is 24.7 Å². The fourth-order valence-electron chi connectivity index (χ4n) is 2.19.